The molecule has 3 heterocycles. The number of aromatic nitrogens is 4. The van der Waals surface area contributed by atoms with Gasteiger partial charge in [-0.25, -0.2) is 4.98 Å². The molecule has 92 valence electrons. The van der Waals surface area contributed by atoms with E-state index in [-0.39, 0.29) is 5.56 Å². The van der Waals surface area contributed by atoms with E-state index in [2.05, 4.69) is 10.1 Å². The van der Waals surface area contributed by atoms with Gasteiger partial charge in [-0.3, -0.25) is 14.0 Å². The molecule has 3 aromatic heterocycles. The number of hydrogen-bond donors (Lipinski definition) is 0. The molecule has 0 N–H and O–H groups in total. The minimum absolute atomic E-state index is 0.0132. The standard InChI is InChI=1S/C12H12N4OS/c1-2-16-7-9(5-14-16)6-15-8-13-10-3-4-18-11(10)12(15)17/h3-5,7-8H,2,6H2,1H3. The normalized spacial score (nSPS) is 11.2. The largest absolute Gasteiger partial charge is 0.293 e. The molecule has 0 atom stereocenters. The van der Waals surface area contributed by atoms with Crippen LogP contribution >= 0.6 is 11.3 Å². The highest BCUT2D eigenvalue weighted by atomic mass is 32.1. The van der Waals surface area contributed by atoms with Gasteiger partial charge in [0.1, 0.15) is 4.70 Å². The monoisotopic (exact) mass is 260 g/mol. The number of aryl methyl sites for hydroxylation is 1. The molecule has 0 unspecified atom stereocenters. The lowest BCUT2D eigenvalue weighted by Gasteiger charge is -2.02. The van der Waals surface area contributed by atoms with Gasteiger partial charge < -0.3 is 0 Å². The van der Waals surface area contributed by atoms with Crippen molar-refractivity contribution < 1.29 is 0 Å². The Kier molecular flexibility index (Phi) is 2.71. The van der Waals surface area contributed by atoms with Gasteiger partial charge in [-0.1, -0.05) is 0 Å². The molecule has 0 aliphatic rings. The molecular formula is C12H12N4OS. The van der Waals surface area contributed by atoms with Crippen LogP contribution in [0, 0.1) is 0 Å². The van der Waals surface area contributed by atoms with E-state index in [4.69, 9.17) is 0 Å². The third kappa shape index (κ3) is 1.84. The average Bonchev–Trinajstić information content (AvgIpc) is 3.01. The molecule has 0 spiro atoms. The molecule has 0 bridgehead atoms. The molecule has 0 aliphatic carbocycles. The van der Waals surface area contributed by atoms with Crippen LogP contribution in [0.4, 0.5) is 0 Å². The highest BCUT2D eigenvalue weighted by Gasteiger charge is 2.06. The summed E-state index contributed by atoms with van der Waals surface area (Å²) in [5.41, 5.74) is 1.79. The summed E-state index contributed by atoms with van der Waals surface area (Å²) in [6.45, 7) is 3.37. The highest BCUT2D eigenvalue weighted by Crippen LogP contribution is 2.13. The smallest absolute Gasteiger partial charge is 0.271 e. The van der Waals surface area contributed by atoms with Gasteiger partial charge in [0, 0.05) is 18.3 Å². The van der Waals surface area contributed by atoms with Crippen molar-refractivity contribution in [2.75, 3.05) is 0 Å². The van der Waals surface area contributed by atoms with Gasteiger partial charge in [0.25, 0.3) is 5.56 Å². The molecule has 0 amide bonds. The van der Waals surface area contributed by atoms with E-state index in [1.165, 1.54) is 11.3 Å². The molecular weight excluding hydrogens is 248 g/mol. The van der Waals surface area contributed by atoms with Crippen molar-refractivity contribution in [2.45, 2.75) is 20.0 Å². The van der Waals surface area contributed by atoms with Crippen LogP contribution in [0.1, 0.15) is 12.5 Å². The topological polar surface area (TPSA) is 52.7 Å². The van der Waals surface area contributed by atoms with Crippen molar-refractivity contribution in [3.63, 3.8) is 0 Å². The maximum atomic E-state index is 12.2. The molecule has 18 heavy (non-hydrogen) atoms. The van der Waals surface area contributed by atoms with Gasteiger partial charge in [0.2, 0.25) is 0 Å². The quantitative estimate of drug-likeness (QED) is 0.720. The Morgan fingerprint density at radius 1 is 1.44 bits per heavy atom. The van der Waals surface area contributed by atoms with Crippen LogP contribution in [0.3, 0.4) is 0 Å². The van der Waals surface area contributed by atoms with Crippen molar-refractivity contribution >= 4 is 21.6 Å². The van der Waals surface area contributed by atoms with Crippen LogP contribution in [-0.4, -0.2) is 19.3 Å². The van der Waals surface area contributed by atoms with Crippen LogP contribution < -0.4 is 5.56 Å². The Morgan fingerprint density at radius 2 is 2.33 bits per heavy atom. The Bertz CT molecular complexity index is 740. The first kappa shape index (κ1) is 11.2. The van der Waals surface area contributed by atoms with E-state index in [9.17, 15) is 4.79 Å². The number of fused-ring (bicyclic) bond motifs is 1. The Balaban J connectivity index is 1.99. The molecule has 0 saturated heterocycles. The van der Waals surface area contributed by atoms with Crippen molar-refractivity contribution in [2.24, 2.45) is 0 Å². The molecule has 3 rings (SSSR count). The van der Waals surface area contributed by atoms with Crippen LogP contribution in [0.5, 0.6) is 0 Å². The summed E-state index contributed by atoms with van der Waals surface area (Å²) >= 11 is 1.43. The predicted octanol–water partition coefficient (Wildman–Crippen LogP) is 1.72. The van der Waals surface area contributed by atoms with Gasteiger partial charge in [-0.2, -0.15) is 5.10 Å². The molecule has 6 heteroatoms. The van der Waals surface area contributed by atoms with Crippen LogP contribution in [-0.2, 0) is 13.1 Å². The number of thiophene rings is 1. The third-order valence-corrected chi connectivity index (χ3v) is 3.69. The zero-order valence-electron chi connectivity index (χ0n) is 9.91. The fourth-order valence-corrected chi connectivity index (χ4v) is 2.64. The van der Waals surface area contributed by atoms with E-state index >= 15 is 0 Å². The van der Waals surface area contributed by atoms with Crippen molar-refractivity contribution in [1.82, 2.24) is 19.3 Å². The minimum Gasteiger partial charge on any atom is -0.293 e. The first-order valence-electron chi connectivity index (χ1n) is 5.72. The molecule has 0 saturated carbocycles. The summed E-state index contributed by atoms with van der Waals surface area (Å²) in [6.07, 6.45) is 5.33. The number of nitrogens with zero attached hydrogens (tertiary/aromatic N) is 4. The second-order valence-corrected chi connectivity index (χ2v) is 4.93. The summed E-state index contributed by atoms with van der Waals surface area (Å²) in [7, 11) is 0. The fraction of sp³-hybridized carbons (Fsp3) is 0.250. The summed E-state index contributed by atoms with van der Waals surface area (Å²) < 4.78 is 4.17. The Labute approximate surface area is 107 Å². The van der Waals surface area contributed by atoms with Gasteiger partial charge in [0.15, 0.2) is 0 Å². The Hall–Kier alpha value is -1.95. The molecule has 0 aliphatic heterocycles. The van der Waals surface area contributed by atoms with E-state index < -0.39 is 0 Å². The van der Waals surface area contributed by atoms with E-state index in [1.54, 1.807) is 17.1 Å². The number of rotatable bonds is 3. The Morgan fingerprint density at radius 3 is 3.11 bits per heavy atom. The average molecular weight is 260 g/mol. The lowest BCUT2D eigenvalue weighted by Crippen LogP contribution is -2.19. The van der Waals surface area contributed by atoms with E-state index in [0.717, 1.165) is 17.6 Å². The maximum Gasteiger partial charge on any atom is 0.271 e. The van der Waals surface area contributed by atoms with Crippen molar-refractivity contribution in [1.29, 1.82) is 0 Å². The predicted molar refractivity (Wildman–Crippen MR) is 70.9 cm³/mol. The summed E-state index contributed by atoms with van der Waals surface area (Å²) in [5.74, 6) is 0. The zero-order chi connectivity index (χ0) is 12.5. The molecule has 5 nitrogen and oxygen atoms in total. The van der Waals surface area contributed by atoms with Gasteiger partial charge >= 0.3 is 0 Å². The second kappa shape index (κ2) is 4.38. The maximum absolute atomic E-state index is 12.2. The van der Waals surface area contributed by atoms with Crippen molar-refractivity contribution in [3.8, 4) is 0 Å². The summed E-state index contributed by atoms with van der Waals surface area (Å²) in [5, 5.41) is 6.08. The van der Waals surface area contributed by atoms with Crippen LogP contribution in [0.15, 0.2) is 35.0 Å². The summed E-state index contributed by atoms with van der Waals surface area (Å²) in [4.78, 5) is 16.4. The molecule has 0 radical (unpaired) electrons. The minimum atomic E-state index is 0.0132. The van der Waals surface area contributed by atoms with Crippen LogP contribution in [0.25, 0.3) is 10.2 Å². The van der Waals surface area contributed by atoms with Gasteiger partial charge in [0.05, 0.1) is 24.6 Å². The summed E-state index contributed by atoms with van der Waals surface area (Å²) in [6, 6.07) is 1.86. The lowest BCUT2D eigenvalue weighted by atomic mass is 10.3. The van der Waals surface area contributed by atoms with Crippen LogP contribution in [0.2, 0.25) is 0 Å². The lowest BCUT2D eigenvalue weighted by molar-refractivity contribution is 0.658. The van der Waals surface area contributed by atoms with Gasteiger partial charge in [-0.15, -0.1) is 11.3 Å². The molecule has 3 aromatic rings. The van der Waals surface area contributed by atoms with E-state index in [0.29, 0.717) is 11.2 Å². The van der Waals surface area contributed by atoms with Gasteiger partial charge in [-0.05, 0) is 18.4 Å². The number of hydrogen-bond acceptors (Lipinski definition) is 4. The SMILES string of the molecule is CCn1cc(Cn2cnc3ccsc3c2=O)cn1. The highest BCUT2D eigenvalue weighted by molar-refractivity contribution is 7.17. The van der Waals surface area contributed by atoms with E-state index in [1.807, 2.05) is 29.2 Å². The second-order valence-electron chi connectivity index (χ2n) is 4.02. The molecule has 0 fully saturated rings. The van der Waals surface area contributed by atoms with Crippen molar-refractivity contribution in [3.05, 3.63) is 46.1 Å². The third-order valence-electron chi connectivity index (χ3n) is 2.80. The molecule has 0 aromatic carbocycles. The fourth-order valence-electron chi connectivity index (χ4n) is 1.85. The zero-order valence-corrected chi connectivity index (χ0v) is 10.7. The first-order valence-corrected chi connectivity index (χ1v) is 6.60. The first-order chi connectivity index (χ1) is 8.78.